The van der Waals surface area contributed by atoms with Crippen molar-refractivity contribution >= 4 is 23.1 Å². The summed E-state index contributed by atoms with van der Waals surface area (Å²) in [5.41, 5.74) is 0.982. The molecule has 35 heavy (non-hydrogen) atoms. The fraction of sp³-hybridized carbons (Fsp3) is 0.308. The van der Waals surface area contributed by atoms with Gasteiger partial charge in [-0.2, -0.15) is 0 Å². The van der Waals surface area contributed by atoms with E-state index < -0.39 is 11.3 Å². The minimum absolute atomic E-state index is 0.0120. The largest absolute Gasteiger partial charge is 0.380 e. The van der Waals surface area contributed by atoms with Crippen LogP contribution in [0.25, 0.3) is 0 Å². The molecule has 0 spiro atoms. The third kappa shape index (κ3) is 5.86. The molecule has 0 saturated carbocycles. The second-order valence-electron chi connectivity index (χ2n) is 8.71. The van der Waals surface area contributed by atoms with Gasteiger partial charge in [0.2, 0.25) is 5.91 Å². The second-order valence-corrected chi connectivity index (χ2v) is 8.71. The number of Topliss-reactive ketones (excluding diaryl/α,β-unsaturated/α-hetero) is 1. The van der Waals surface area contributed by atoms with Gasteiger partial charge in [-0.3, -0.25) is 14.6 Å². The average molecular weight is 481 g/mol. The SMILES string of the molecule is CC(F)(F)c1ccccc1Nc1ccc(CNC(=O)[C@]2(CC(=O)c3cnccn3)CCOC2)cc1. The van der Waals surface area contributed by atoms with E-state index in [1.165, 1.54) is 24.7 Å². The molecule has 0 bridgehead atoms. The summed E-state index contributed by atoms with van der Waals surface area (Å²) in [7, 11) is 0. The normalized spacial score (nSPS) is 17.7. The zero-order valence-electron chi connectivity index (χ0n) is 19.3. The average Bonchev–Trinajstić information content (AvgIpc) is 3.33. The zero-order valence-corrected chi connectivity index (χ0v) is 19.3. The van der Waals surface area contributed by atoms with Gasteiger partial charge in [0.05, 0.1) is 18.2 Å². The lowest BCUT2D eigenvalue weighted by atomic mass is 9.80. The molecule has 0 radical (unpaired) electrons. The fourth-order valence-electron chi connectivity index (χ4n) is 4.05. The van der Waals surface area contributed by atoms with Crippen LogP contribution in [0.15, 0.2) is 67.1 Å². The molecule has 0 aliphatic carbocycles. The monoisotopic (exact) mass is 480 g/mol. The number of alkyl halides is 2. The Bertz CT molecular complexity index is 1180. The van der Waals surface area contributed by atoms with Gasteiger partial charge < -0.3 is 15.4 Å². The summed E-state index contributed by atoms with van der Waals surface area (Å²) in [5, 5.41) is 5.94. The molecule has 1 atom stereocenters. The van der Waals surface area contributed by atoms with Gasteiger partial charge in [-0.15, -0.1) is 0 Å². The molecule has 2 N–H and O–H groups in total. The number of halogens is 2. The molecule has 4 rings (SSSR count). The number of ketones is 1. The van der Waals surface area contributed by atoms with Crippen molar-refractivity contribution in [2.24, 2.45) is 5.41 Å². The van der Waals surface area contributed by atoms with Crippen LogP contribution < -0.4 is 10.6 Å². The molecular weight excluding hydrogens is 454 g/mol. The first-order chi connectivity index (χ1) is 16.8. The molecule has 1 aliphatic rings. The van der Waals surface area contributed by atoms with Crippen molar-refractivity contribution in [1.29, 1.82) is 0 Å². The number of carbonyl (C=O) groups excluding carboxylic acids is 2. The Balaban J connectivity index is 1.38. The smallest absolute Gasteiger partial charge is 0.272 e. The number of hydrogen-bond donors (Lipinski definition) is 2. The summed E-state index contributed by atoms with van der Waals surface area (Å²) < 4.78 is 33.2. The molecule has 7 nitrogen and oxygen atoms in total. The van der Waals surface area contributed by atoms with Crippen molar-refractivity contribution in [2.45, 2.75) is 32.2 Å². The Kier molecular flexibility index (Phi) is 7.16. The number of rotatable bonds is 9. The number of carbonyl (C=O) groups is 2. The van der Waals surface area contributed by atoms with Crippen LogP contribution in [0.3, 0.4) is 0 Å². The summed E-state index contributed by atoms with van der Waals surface area (Å²) in [6.07, 6.45) is 4.74. The van der Waals surface area contributed by atoms with Crippen molar-refractivity contribution in [3.63, 3.8) is 0 Å². The van der Waals surface area contributed by atoms with Crippen LogP contribution in [-0.4, -0.2) is 34.9 Å². The van der Waals surface area contributed by atoms with Crippen LogP contribution in [0, 0.1) is 5.41 Å². The van der Waals surface area contributed by atoms with Gasteiger partial charge in [-0.25, -0.2) is 13.8 Å². The van der Waals surface area contributed by atoms with E-state index in [4.69, 9.17) is 4.74 Å². The minimum Gasteiger partial charge on any atom is -0.380 e. The number of para-hydroxylation sites is 1. The molecule has 1 aliphatic heterocycles. The molecule has 1 aromatic heterocycles. The first kappa shape index (κ1) is 24.4. The number of anilines is 2. The van der Waals surface area contributed by atoms with E-state index >= 15 is 0 Å². The molecule has 9 heteroatoms. The van der Waals surface area contributed by atoms with Gasteiger partial charge in [-0.1, -0.05) is 30.3 Å². The number of benzene rings is 2. The van der Waals surface area contributed by atoms with E-state index in [9.17, 15) is 18.4 Å². The molecule has 1 amide bonds. The Morgan fingerprint density at radius 1 is 1.11 bits per heavy atom. The van der Waals surface area contributed by atoms with Crippen molar-refractivity contribution < 1.29 is 23.1 Å². The van der Waals surface area contributed by atoms with Gasteiger partial charge in [0.15, 0.2) is 5.78 Å². The zero-order chi connectivity index (χ0) is 24.9. The van der Waals surface area contributed by atoms with E-state index in [1.54, 1.807) is 42.5 Å². The van der Waals surface area contributed by atoms with Gasteiger partial charge in [0, 0.05) is 55.8 Å². The number of aromatic nitrogens is 2. The number of ether oxygens (including phenoxy) is 1. The van der Waals surface area contributed by atoms with Crippen molar-refractivity contribution in [2.75, 3.05) is 18.5 Å². The highest BCUT2D eigenvalue weighted by molar-refractivity contribution is 5.98. The summed E-state index contributed by atoms with van der Waals surface area (Å²) >= 11 is 0. The molecular formula is C26H26F2N4O3. The molecule has 2 heterocycles. The summed E-state index contributed by atoms with van der Waals surface area (Å²) in [4.78, 5) is 33.7. The van der Waals surface area contributed by atoms with Crippen molar-refractivity contribution in [3.8, 4) is 0 Å². The number of amides is 1. The van der Waals surface area contributed by atoms with Gasteiger partial charge in [0.1, 0.15) is 5.69 Å². The second kappa shape index (κ2) is 10.3. The Hall–Kier alpha value is -3.72. The fourth-order valence-corrected chi connectivity index (χ4v) is 4.05. The maximum Gasteiger partial charge on any atom is 0.272 e. The highest BCUT2D eigenvalue weighted by atomic mass is 19.3. The van der Waals surface area contributed by atoms with E-state index in [1.807, 2.05) is 0 Å². The lowest BCUT2D eigenvalue weighted by Crippen LogP contribution is -2.42. The number of hydrogen-bond acceptors (Lipinski definition) is 6. The van der Waals surface area contributed by atoms with E-state index in [0.29, 0.717) is 24.4 Å². The Morgan fingerprint density at radius 2 is 1.89 bits per heavy atom. The number of nitrogens with zero attached hydrogens (tertiary/aromatic N) is 2. The molecule has 182 valence electrons. The topological polar surface area (TPSA) is 93.2 Å². The van der Waals surface area contributed by atoms with Crippen molar-refractivity contribution in [3.05, 3.63) is 83.9 Å². The summed E-state index contributed by atoms with van der Waals surface area (Å²) in [6, 6.07) is 13.4. The van der Waals surface area contributed by atoms with Crippen LogP contribution >= 0.6 is 0 Å². The first-order valence-electron chi connectivity index (χ1n) is 11.3. The van der Waals surface area contributed by atoms with Gasteiger partial charge in [0.25, 0.3) is 5.92 Å². The predicted molar refractivity (Wildman–Crippen MR) is 126 cm³/mol. The van der Waals surface area contributed by atoms with Crippen LogP contribution in [0.2, 0.25) is 0 Å². The molecule has 3 aromatic rings. The third-order valence-electron chi connectivity index (χ3n) is 6.02. The Morgan fingerprint density at radius 3 is 2.54 bits per heavy atom. The highest BCUT2D eigenvalue weighted by Crippen LogP contribution is 2.35. The third-order valence-corrected chi connectivity index (χ3v) is 6.02. The van der Waals surface area contributed by atoms with E-state index in [2.05, 4.69) is 20.6 Å². The standard InChI is InChI=1S/C26H26F2N4O3/c1-25(27,28)20-4-2-3-5-21(20)32-19-8-6-18(7-9-19)15-31-24(34)26(10-13-35-17-26)14-23(33)22-16-29-11-12-30-22/h2-9,11-12,16,32H,10,13-15,17H2,1H3,(H,31,34)/t26-/m0/s1. The quantitative estimate of drug-likeness (QED) is 0.434. The maximum absolute atomic E-state index is 13.9. The lowest BCUT2D eigenvalue weighted by molar-refractivity contribution is -0.131. The van der Waals surface area contributed by atoms with E-state index in [0.717, 1.165) is 12.5 Å². The molecule has 1 fully saturated rings. The van der Waals surface area contributed by atoms with Crippen LogP contribution in [0.1, 0.15) is 41.4 Å². The molecule has 0 unspecified atom stereocenters. The lowest BCUT2D eigenvalue weighted by Gasteiger charge is -2.25. The highest BCUT2D eigenvalue weighted by Gasteiger charge is 2.44. The van der Waals surface area contributed by atoms with Crippen LogP contribution in [0.5, 0.6) is 0 Å². The van der Waals surface area contributed by atoms with Crippen LogP contribution in [0.4, 0.5) is 20.2 Å². The minimum atomic E-state index is -2.97. The van der Waals surface area contributed by atoms with Crippen molar-refractivity contribution in [1.82, 2.24) is 15.3 Å². The molecule has 2 aromatic carbocycles. The summed E-state index contributed by atoms with van der Waals surface area (Å²) in [6.45, 7) is 1.68. The number of nitrogens with one attached hydrogen (secondary N) is 2. The van der Waals surface area contributed by atoms with Gasteiger partial charge >= 0.3 is 0 Å². The van der Waals surface area contributed by atoms with Crippen LogP contribution in [-0.2, 0) is 22.0 Å². The maximum atomic E-state index is 13.9. The van der Waals surface area contributed by atoms with Gasteiger partial charge in [-0.05, 0) is 30.2 Å². The summed E-state index contributed by atoms with van der Waals surface area (Å²) in [5.74, 6) is -3.48. The first-order valence-corrected chi connectivity index (χ1v) is 11.3. The molecule has 1 saturated heterocycles. The predicted octanol–water partition coefficient (Wildman–Crippen LogP) is 4.63. The van der Waals surface area contributed by atoms with E-state index in [-0.39, 0.29) is 42.5 Å². The Labute approximate surface area is 201 Å².